The zero-order valence-corrected chi connectivity index (χ0v) is 11.1. The Balaban J connectivity index is 2.45. The van der Waals surface area contributed by atoms with Crippen molar-refractivity contribution in [3.05, 3.63) is 53.6 Å². The lowest BCUT2D eigenvalue weighted by atomic mass is 10.2. The van der Waals surface area contributed by atoms with Gasteiger partial charge in [0.05, 0.1) is 15.7 Å². The second-order valence-electron chi connectivity index (χ2n) is 4.45. The molecule has 0 saturated heterocycles. The van der Waals surface area contributed by atoms with Crippen LogP contribution in [0.15, 0.2) is 42.6 Å². The van der Waals surface area contributed by atoms with Crippen LogP contribution in [0.25, 0.3) is 25.9 Å². The number of nitriles is 1. The first-order chi connectivity index (χ1) is 9.81. The highest BCUT2D eigenvalue weighted by molar-refractivity contribution is 7.24. The van der Waals surface area contributed by atoms with Gasteiger partial charge in [-0.15, -0.1) is 11.3 Å². The van der Waals surface area contributed by atoms with E-state index in [1.807, 2.05) is 34.7 Å². The van der Waals surface area contributed by atoms with Gasteiger partial charge in [0.1, 0.15) is 22.0 Å². The number of para-hydroxylation sites is 1. The highest BCUT2D eigenvalue weighted by Crippen LogP contribution is 2.29. The van der Waals surface area contributed by atoms with E-state index in [1.54, 1.807) is 12.3 Å². The van der Waals surface area contributed by atoms with Gasteiger partial charge in [-0.25, -0.2) is 0 Å². The summed E-state index contributed by atoms with van der Waals surface area (Å²) in [6.45, 7) is 0. The van der Waals surface area contributed by atoms with Crippen LogP contribution in [0.4, 0.5) is 0 Å². The molecule has 3 heterocycles. The number of nitrogens with one attached hydrogen (secondary N) is 1. The molecule has 0 aliphatic rings. The summed E-state index contributed by atoms with van der Waals surface area (Å²) >= 11 is 1.52. The van der Waals surface area contributed by atoms with Gasteiger partial charge < -0.3 is 0 Å². The molecule has 0 radical (unpaired) electrons. The van der Waals surface area contributed by atoms with E-state index in [-0.39, 0.29) is 0 Å². The van der Waals surface area contributed by atoms with Gasteiger partial charge in [-0.1, -0.05) is 12.1 Å². The third kappa shape index (κ3) is 1.29. The Morgan fingerprint density at radius 2 is 2.05 bits per heavy atom. The van der Waals surface area contributed by atoms with Crippen molar-refractivity contribution in [2.45, 2.75) is 0 Å². The minimum absolute atomic E-state index is 0.375. The van der Waals surface area contributed by atoms with E-state index < -0.39 is 0 Å². The van der Waals surface area contributed by atoms with Gasteiger partial charge in [0.25, 0.3) is 0 Å². The van der Waals surface area contributed by atoms with Crippen molar-refractivity contribution in [3.8, 4) is 6.07 Å². The van der Waals surface area contributed by atoms with Gasteiger partial charge in [0.2, 0.25) is 0 Å². The predicted molar refractivity (Wildman–Crippen MR) is 78.7 cm³/mol. The Kier molecular flexibility index (Phi) is 2.17. The first-order valence-corrected chi connectivity index (χ1v) is 6.88. The lowest BCUT2D eigenvalue weighted by molar-refractivity contribution is 1.07. The molecule has 5 heteroatoms. The molecule has 0 aliphatic heterocycles. The molecule has 94 valence electrons. The highest BCUT2D eigenvalue weighted by Gasteiger charge is 2.14. The maximum Gasteiger partial charge on any atom is 0.140 e. The summed E-state index contributed by atoms with van der Waals surface area (Å²) in [5.74, 6) is 0. The largest absolute Gasteiger partial charge is 0.283 e. The molecular formula is C15H8N4S. The van der Waals surface area contributed by atoms with Gasteiger partial charge >= 0.3 is 0 Å². The Morgan fingerprint density at radius 1 is 1.20 bits per heavy atom. The first kappa shape index (κ1) is 11.1. The molecule has 4 rings (SSSR count). The van der Waals surface area contributed by atoms with Crippen LogP contribution in [0, 0.1) is 16.7 Å². The quantitative estimate of drug-likeness (QED) is 0.536. The number of hydrogen-bond acceptors (Lipinski definition) is 4. The summed E-state index contributed by atoms with van der Waals surface area (Å²) in [5, 5.41) is 18.6. The number of nitrogens with zero attached hydrogens (tertiary/aromatic N) is 3. The molecule has 0 fully saturated rings. The lowest BCUT2D eigenvalue weighted by Crippen LogP contribution is -2.14. The SMILES string of the molecule is N#Cc1c2ncccc2c(=N)n2c1sc1ccccc12. The molecular weight excluding hydrogens is 268 g/mol. The standard InChI is InChI=1S/C15H8N4S/c16-8-10-13-9(4-3-7-18-13)14(17)19-11-5-1-2-6-12(11)20-15(10)19/h1-7,17H. The smallest absolute Gasteiger partial charge is 0.140 e. The minimum Gasteiger partial charge on any atom is -0.283 e. The van der Waals surface area contributed by atoms with E-state index in [0.717, 1.165) is 15.0 Å². The average Bonchev–Trinajstić information content (AvgIpc) is 2.87. The van der Waals surface area contributed by atoms with Crippen LogP contribution in [0.2, 0.25) is 0 Å². The van der Waals surface area contributed by atoms with Gasteiger partial charge in [0.15, 0.2) is 0 Å². The molecule has 0 unspecified atom stereocenters. The Bertz CT molecular complexity index is 1080. The maximum atomic E-state index is 9.49. The number of thiazole rings is 1. The monoisotopic (exact) mass is 276 g/mol. The normalized spacial score (nSPS) is 11.2. The molecule has 4 aromatic rings. The molecule has 0 spiro atoms. The van der Waals surface area contributed by atoms with Crippen molar-refractivity contribution in [2.24, 2.45) is 0 Å². The Hall–Kier alpha value is -2.71. The van der Waals surface area contributed by atoms with Crippen molar-refractivity contribution < 1.29 is 0 Å². The van der Waals surface area contributed by atoms with E-state index in [9.17, 15) is 5.26 Å². The molecule has 0 saturated carbocycles. The predicted octanol–water partition coefficient (Wildman–Crippen LogP) is 3.05. The van der Waals surface area contributed by atoms with Crippen LogP contribution in [0.5, 0.6) is 0 Å². The van der Waals surface area contributed by atoms with E-state index in [4.69, 9.17) is 5.41 Å². The molecule has 0 amide bonds. The number of benzene rings is 1. The van der Waals surface area contributed by atoms with Crippen molar-refractivity contribution >= 4 is 37.3 Å². The molecule has 1 N–H and O–H groups in total. The van der Waals surface area contributed by atoms with Gasteiger partial charge in [-0.2, -0.15) is 5.26 Å². The summed E-state index contributed by atoms with van der Waals surface area (Å²) in [4.78, 5) is 5.07. The van der Waals surface area contributed by atoms with Gasteiger partial charge in [0, 0.05) is 11.6 Å². The van der Waals surface area contributed by atoms with Crippen LogP contribution in [-0.2, 0) is 0 Å². The topological polar surface area (TPSA) is 64.9 Å². The van der Waals surface area contributed by atoms with Gasteiger partial charge in [-0.05, 0) is 24.3 Å². The number of fused-ring (bicyclic) bond motifs is 4. The summed E-state index contributed by atoms with van der Waals surface area (Å²) in [6.07, 6.45) is 1.66. The third-order valence-corrected chi connectivity index (χ3v) is 4.51. The van der Waals surface area contributed by atoms with Crippen molar-refractivity contribution in [2.75, 3.05) is 0 Å². The second-order valence-corrected chi connectivity index (χ2v) is 5.48. The number of hydrogen-bond donors (Lipinski definition) is 1. The summed E-state index contributed by atoms with van der Waals surface area (Å²) < 4.78 is 2.90. The van der Waals surface area contributed by atoms with E-state index in [0.29, 0.717) is 22.0 Å². The molecule has 0 bridgehead atoms. The first-order valence-electron chi connectivity index (χ1n) is 6.07. The molecule has 20 heavy (non-hydrogen) atoms. The summed E-state index contributed by atoms with van der Waals surface area (Å²) in [7, 11) is 0. The van der Waals surface area contributed by atoms with Crippen LogP contribution < -0.4 is 5.49 Å². The number of pyridine rings is 2. The zero-order chi connectivity index (χ0) is 13.7. The van der Waals surface area contributed by atoms with Crippen LogP contribution in [0.3, 0.4) is 0 Å². The van der Waals surface area contributed by atoms with E-state index >= 15 is 0 Å². The van der Waals surface area contributed by atoms with Crippen LogP contribution >= 0.6 is 11.3 Å². The fourth-order valence-corrected chi connectivity index (χ4v) is 3.63. The van der Waals surface area contributed by atoms with Crippen molar-refractivity contribution in [1.29, 1.82) is 10.7 Å². The molecule has 4 nitrogen and oxygen atoms in total. The maximum absolute atomic E-state index is 9.49. The minimum atomic E-state index is 0.375. The second kappa shape index (κ2) is 3.89. The zero-order valence-electron chi connectivity index (χ0n) is 10.3. The molecule has 1 aromatic carbocycles. The number of rotatable bonds is 0. The molecule has 3 aromatic heterocycles. The number of aromatic nitrogens is 2. The highest BCUT2D eigenvalue weighted by atomic mass is 32.1. The van der Waals surface area contributed by atoms with Gasteiger partial charge in [-0.3, -0.25) is 14.8 Å². The summed E-state index contributed by atoms with van der Waals surface area (Å²) in [5.41, 5.74) is 2.48. The molecule has 0 atom stereocenters. The van der Waals surface area contributed by atoms with Crippen LogP contribution in [-0.4, -0.2) is 9.38 Å². The Morgan fingerprint density at radius 3 is 2.90 bits per heavy atom. The third-order valence-electron chi connectivity index (χ3n) is 3.36. The fraction of sp³-hybridized carbons (Fsp3) is 0. The summed E-state index contributed by atoms with van der Waals surface area (Å²) in [6, 6.07) is 13.8. The van der Waals surface area contributed by atoms with Crippen molar-refractivity contribution in [1.82, 2.24) is 9.38 Å². The van der Waals surface area contributed by atoms with Crippen molar-refractivity contribution in [3.63, 3.8) is 0 Å². The molecule has 0 aliphatic carbocycles. The fourth-order valence-electron chi connectivity index (χ4n) is 2.49. The van der Waals surface area contributed by atoms with E-state index in [1.165, 1.54) is 11.3 Å². The van der Waals surface area contributed by atoms with Crippen LogP contribution in [0.1, 0.15) is 5.56 Å². The lowest BCUT2D eigenvalue weighted by Gasteiger charge is -2.03. The Labute approximate surface area is 117 Å². The van der Waals surface area contributed by atoms with E-state index in [2.05, 4.69) is 11.1 Å². The average molecular weight is 276 g/mol.